The van der Waals surface area contributed by atoms with Crippen molar-refractivity contribution in [3.05, 3.63) is 117 Å². The van der Waals surface area contributed by atoms with E-state index in [1.807, 2.05) is 12.3 Å². The Labute approximate surface area is 247 Å². The highest BCUT2D eigenvalue weighted by atomic mass is 16.1. The number of allylic oxidation sites excluding steroid dienone is 2. The van der Waals surface area contributed by atoms with Gasteiger partial charge in [0.1, 0.15) is 11.0 Å². The van der Waals surface area contributed by atoms with Crippen molar-refractivity contribution < 1.29 is 0 Å². The van der Waals surface area contributed by atoms with E-state index < -0.39 is 0 Å². The van der Waals surface area contributed by atoms with Crippen LogP contribution in [-0.4, -0.2) is 23.9 Å². The van der Waals surface area contributed by atoms with Crippen LogP contribution in [0.2, 0.25) is 0 Å². The summed E-state index contributed by atoms with van der Waals surface area (Å²) in [6.07, 6.45) is 15.2. The molecule has 0 saturated heterocycles. The fourth-order valence-corrected chi connectivity index (χ4v) is 8.44. The van der Waals surface area contributed by atoms with Gasteiger partial charge in [-0.15, -0.1) is 0 Å². The molecule has 7 aromatic rings. The van der Waals surface area contributed by atoms with Crippen LogP contribution in [-0.2, 0) is 18.3 Å². The number of pyridine rings is 2. The summed E-state index contributed by atoms with van der Waals surface area (Å²) in [5.41, 5.74) is 14.2. The molecule has 1 unspecified atom stereocenters. The maximum Gasteiger partial charge on any atom is 0.283 e. The van der Waals surface area contributed by atoms with Gasteiger partial charge in [0, 0.05) is 46.4 Å². The van der Waals surface area contributed by atoms with E-state index in [-0.39, 0.29) is 11.0 Å². The van der Waals surface area contributed by atoms with Crippen molar-refractivity contribution in [2.75, 3.05) is 0 Å². The Balaban J connectivity index is 1.26. The number of hydrogen-bond acceptors (Lipinski definition) is 4. The van der Waals surface area contributed by atoms with Crippen LogP contribution >= 0.6 is 0 Å². The summed E-state index contributed by atoms with van der Waals surface area (Å²) in [7, 11) is 0. The predicted octanol–water partition coefficient (Wildman–Crippen LogP) is 7.14. The highest BCUT2D eigenvalue weighted by Crippen LogP contribution is 2.55. The summed E-state index contributed by atoms with van der Waals surface area (Å²) in [5.74, 6) is 0.418. The molecule has 6 nitrogen and oxygen atoms in total. The first-order valence-corrected chi connectivity index (χ1v) is 15.1. The highest BCUT2D eigenvalue weighted by Gasteiger charge is 2.45. The van der Waals surface area contributed by atoms with Gasteiger partial charge in [-0.1, -0.05) is 44.2 Å². The highest BCUT2D eigenvalue weighted by molar-refractivity contribution is 6.17. The van der Waals surface area contributed by atoms with Crippen molar-refractivity contribution in [1.82, 2.24) is 23.9 Å². The largest absolute Gasteiger partial charge is 0.313 e. The third-order valence-electron chi connectivity index (χ3n) is 10.4. The Kier molecular flexibility index (Phi) is 4.28. The molecule has 5 aromatic heterocycles. The molecule has 5 heterocycles. The van der Waals surface area contributed by atoms with Gasteiger partial charge < -0.3 is 4.57 Å². The lowest BCUT2D eigenvalue weighted by atomic mass is 9.73. The zero-order chi connectivity index (χ0) is 28.6. The molecule has 2 aromatic carbocycles. The van der Waals surface area contributed by atoms with Crippen molar-refractivity contribution in [3.63, 3.8) is 0 Å². The van der Waals surface area contributed by atoms with Crippen molar-refractivity contribution in [2.45, 2.75) is 38.5 Å². The summed E-state index contributed by atoms with van der Waals surface area (Å²) in [5, 5.41) is 2.04. The van der Waals surface area contributed by atoms with Crippen LogP contribution in [0.4, 0.5) is 0 Å². The molecule has 3 aliphatic carbocycles. The molecule has 0 bridgehead atoms. The molecule has 0 amide bonds. The summed E-state index contributed by atoms with van der Waals surface area (Å²) >= 11 is 0. The van der Waals surface area contributed by atoms with Gasteiger partial charge in [0.2, 0.25) is 0 Å². The average molecular weight is 558 g/mol. The van der Waals surface area contributed by atoms with Crippen LogP contribution < -0.4 is 5.56 Å². The minimum Gasteiger partial charge on any atom is -0.313 e. The maximum atomic E-state index is 13.7. The van der Waals surface area contributed by atoms with E-state index >= 15 is 0 Å². The third kappa shape index (κ3) is 2.79. The summed E-state index contributed by atoms with van der Waals surface area (Å²) < 4.78 is 4.28. The number of fused-ring (bicyclic) bond motifs is 11. The first-order valence-electron chi connectivity index (χ1n) is 15.1. The molecule has 6 heteroatoms. The van der Waals surface area contributed by atoms with E-state index in [1.54, 1.807) is 16.8 Å². The molecule has 0 saturated carbocycles. The zero-order valence-corrected chi connectivity index (χ0v) is 23.9. The topological polar surface area (TPSA) is 65.1 Å². The smallest absolute Gasteiger partial charge is 0.283 e. The van der Waals surface area contributed by atoms with E-state index in [0.29, 0.717) is 22.5 Å². The van der Waals surface area contributed by atoms with Crippen LogP contribution in [0.1, 0.15) is 53.9 Å². The van der Waals surface area contributed by atoms with Gasteiger partial charge >= 0.3 is 0 Å². The molecule has 0 aliphatic heterocycles. The molecule has 0 radical (unpaired) electrons. The van der Waals surface area contributed by atoms with Gasteiger partial charge in [-0.25, -0.2) is 4.98 Å². The van der Waals surface area contributed by atoms with E-state index in [4.69, 9.17) is 0 Å². The van der Waals surface area contributed by atoms with Crippen LogP contribution in [0.25, 0.3) is 61.8 Å². The molecular formula is C37H27N5O. The monoisotopic (exact) mass is 557 g/mol. The Bertz CT molecular complexity index is 2490. The number of nitrogens with zero attached hydrogens (tertiary/aromatic N) is 5. The fourth-order valence-electron chi connectivity index (χ4n) is 8.44. The second kappa shape index (κ2) is 7.84. The fraction of sp³-hybridized carbons (Fsp3) is 0.189. The van der Waals surface area contributed by atoms with Crippen molar-refractivity contribution in [2.24, 2.45) is 5.92 Å². The molecule has 3 aliphatic rings. The van der Waals surface area contributed by atoms with E-state index in [0.717, 1.165) is 46.8 Å². The third-order valence-corrected chi connectivity index (χ3v) is 10.4. The lowest BCUT2D eigenvalue weighted by molar-refractivity contribution is 0.405. The Morgan fingerprint density at radius 1 is 0.907 bits per heavy atom. The van der Waals surface area contributed by atoms with E-state index in [2.05, 4.69) is 94.1 Å². The molecule has 0 spiro atoms. The van der Waals surface area contributed by atoms with E-state index in [9.17, 15) is 4.79 Å². The second-order valence-electron chi connectivity index (χ2n) is 12.8. The van der Waals surface area contributed by atoms with Gasteiger partial charge in [0.05, 0.1) is 11.0 Å². The first-order chi connectivity index (χ1) is 21.0. The SMILES string of the molecule is CC1(C)c2ccccc2C2=Cc3c4c(n(-c5ccc6c(c5)c5ccnc7c8nccnc8c(=O)n6c57)c3CC21)C=CCC4. The van der Waals surface area contributed by atoms with Crippen LogP contribution in [0.15, 0.2) is 78.0 Å². The van der Waals surface area contributed by atoms with Crippen LogP contribution in [0.5, 0.6) is 0 Å². The summed E-state index contributed by atoms with van der Waals surface area (Å²) in [6.45, 7) is 4.81. The molecule has 43 heavy (non-hydrogen) atoms. The molecule has 10 rings (SSSR count). The molecule has 0 fully saturated rings. The average Bonchev–Trinajstić information content (AvgIpc) is 3.63. The van der Waals surface area contributed by atoms with Crippen molar-refractivity contribution in [1.29, 1.82) is 0 Å². The molecule has 0 N–H and O–H groups in total. The minimum atomic E-state index is -0.157. The van der Waals surface area contributed by atoms with Gasteiger partial charge in [-0.2, -0.15) is 0 Å². The zero-order valence-electron chi connectivity index (χ0n) is 23.9. The van der Waals surface area contributed by atoms with Gasteiger partial charge in [-0.3, -0.25) is 19.2 Å². The molecule has 1 atom stereocenters. The molecule has 206 valence electrons. The second-order valence-corrected chi connectivity index (χ2v) is 12.8. The van der Waals surface area contributed by atoms with Crippen molar-refractivity contribution in [3.8, 4) is 5.69 Å². The quantitative estimate of drug-likeness (QED) is 0.201. The summed E-state index contributed by atoms with van der Waals surface area (Å²) in [4.78, 5) is 27.3. The van der Waals surface area contributed by atoms with Gasteiger partial charge in [-0.05, 0) is 94.8 Å². The first kappa shape index (κ1) is 23.5. The Hall–Kier alpha value is -5.10. The van der Waals surface area contributed by atoms with Crippen molar-refractivity contribution >= 4 is 56.1 Å². The summed E-state index contributed by atoms with van der Waals surface area (Å²) in [6, 6.07) is 17.5. The maximum absolute atomic E-state index is 13.7. The van der Waals surface area contributed by atoms with Crippen LogP contribution in [0, 0.1) is 5.92 Å². The standard InChI is InChI=1S/C37H27N5O/c1-37(2)27-9-5-3-7-21(27)24-18-26-22-8-4-6-10-29(22)41(31(26)19-28(24)37)20-11-12-30-25(17-20)23-13-14-38-33-32-34(40-16-15-39-32)36(43)42(30)35(23)33/h3,5-7,9-18,28H,4,8,19H2,1-2H3. The van der Waals surface area contributed by atoms with Gasteiger partial charge in [0.15, 0.2) is 5.52 Å². The van der Waals surface area contributed by atoms with E-state index in [1.165, 1.54) is 39.2 Å². The molecular weight excluding hydrogens is 530 g/mol. The number of aromatic nitrogens is 5. The number of benzene rings is 2. The van der Waals surface area contributed by atoms with Crippen LogP contribution in [0.3, 0.4) is 0 Å². The Morgan fingerprint density at radius 3 is 2.65 bits per heavy atom. The minimum absolute atomic E-state index is 0.0546. The lowest BCUT2D eigenvalue weighted by Crippen LogP contribution is -2.27. The number of hydrogen-bond donors (Lipinski definition) is 0. The number of rotatable bonds is 1. The predicted molar refractivity (Wildman–Crippen MR) is 172 cm³/mol. The normalized spacial score (nSPS) is 18.3. The van der Waals surface area contributed by atoms with Gasteiger partial charge in [0.25, 0.3) is 5.56 Å². The lowest BCUT2D eigenvalue weighted by Gasteiger charge is -2.32. The Morgan fingerprint density at radius 2 is 1.74 bits per heavy atom.